The van der Waals surface area contributed by atoms with E-state index in [-0.39, 0.29) is 18.1 Å². The summed E-state index contributed by atoms with van der Waals surface area (Å²) in [7, 11) is 1.76. The lowest BCUT2D eigenvalue weighted by atomic mass is 10.1. The molecule has 2 fully saturated rings. The highest BCUT2D eigenvalue weighted by Crippen LogP contribution is 2.31. The molecular formula is C14H18ClN3O2. The molecule has 5 nitrogen and oxygen atoms in total. The van der Waals surface area contributed by atoms with Crippen LogP contribution in [0.3, 0.4) is 0 Å². The largest absolute Gasteiger partial charge is 0.374 e. The molecule has 1 saturated carbocycles. The number of nitrogens with zero attached hydrogens (tertiary/aromatic N) is 2. The highest BCUT2D eigenvalue weighted by atomic mass is 35.5. The number of morpholine rings is 1. The predicted octanol–water partition coefficient (Wildman–Crippen LogP) is 2.17. The lowest BCUT2D eigenvalue weighted by Crippen LogP contribution is -2.51. The summed E-state index contributed by atoms with van der Waals surface area (Å²) in [5.74, 6) is 0.628. The van der Waals surface area contributed by atoms with Gasteiger partial charge in [-0.3, -0.25) is 4.79 Å². The van der Waals surface area contributed by atoms with Crippen molar-refractivity contribution in [3.63, 3.8) is 0 Å². The maximum absolute atomic E-state index is 12.7. The van der Waals surface area contributed by atoms with Crippen molar-refractivity contribution < 1.29 is 9.53 Å². The number of aromatic nitrogens is 1. The summed E-state index contributed by atoms with van der Waals surface area (Å²) >= 11 is 5.98. The number of halogens is 1. The fourth-order valence-corrected chi connectivity index (χ4v) is 3.30. The van der Waals surface area contributed by atoms with Gasteiger partial charge in [0.25, 0.3) is 5.91 Å². The van der Waals surface area contributed by atoms with Gasteiger partial charge in [-0.05, 0) is 31.4 Å². The highest BCUT2D eigenvalue weighted by Gasteiger charge is 2.38. The Labute approximate surface area is 123 Å². The van der Waals surface area contributed by atoms with Crippen LogP contribution in [0.1, 0.15) is 29.6 Å². The number of ether oxygens (including phenoxy) is 1. The molecule has 1 N–H and O–H groups in total. The smallest absolute Gasteiger partial charge is 0.254 e. The number of rotatable bonds is 2. The molecule has 1 amide bonds. The van der Waals surface area contributed by atoms with E-state index in [2.05, 4.69) is 10.3 Å². The number of hydrogen-bond acceptors (Lipinski definition) is 4. The van der Waals surface area contributed by atoms with Crippen LogP contribution in [0.25, 0.3) is 0 Å². The fourth-order valence-electron chi connectivity index (χ4n) is 3.09. The number of hydrogen-bond donors (Lipinski definition) is 1. The maximum Gasteiger partial charge on any atom is 0.254 e. The average molecular weight is 296 g/mol. The first-order valence-electron chi connectivity index (χ1n) is 6.97. The molecule has 0 aromatic carbocycles. The summed E-state index contributed by atoms with van der Waals surface area (Å²) in [6, 6.07) is 3.58. The summed E-state index contributed by atoms with van der Waals surface area (Å²) in [5.41, 5.74) is 0.585. The molecule has 0 spiro atoms. The first-order valence-corrected chi connectivity index (χ1v) is 7.35. The van der Waals surface area contributed by atoms with Gasteiger partial charge < -0.3 is 15.0 Å². The second-order valence-corrected chi connectivity index (χ2v) is 5.61. The second-order valence-electron chi connectivity index (χ2n) is 5.22. The first kappa shape index (κ1) is 13.6. The number of nitrogens with one attached hydrogen (secondary N) is 1. The molecule has 0 bridgehead atoms. The van der Waals surface area contributed by atoms with Crippen molar-refractivity contribution in [2.75, 3.05) is 25.5 Å². The molecule has 2 unspecified atom stereocenters. The van der Waals surface area contributed by atoms with Gasteiger partial charge in [-0.15, -0.1) is 0 Å². The lowest BCUT2D eigenvalue weighted by molar-refractivity contribution is -0.0445. The van der Waals surface area contributed by atoms with E-state index in [4.69, 9.17) is 16.3 Å². The quantitative estimate of drug-likeness (QED) is 0.850. The molecule has 6 heteroatoms. The zero-order chi connectivity index (χ0) is 14.1. The summed E-state index contributed by atoms with van der Waals surface area (Å²) in [6.07, 6.45) is 3.40. The van der Waals surface area contributed by atoms with Gasteiger partial charge in [0.1, 0.15) is 11.0 Å². The van der Waals surface area contributed by atoms with Crippen molar-refractivity contribution >= 4 is 23.3 Å². The van der Waals surface area contributed by atoms with E-state index in [1.54, 1.807) is 19.2 Å². The molecule has 1 aromatic rings. The molecule has 1 saturated heterocycles. The highest BCUT2D eigenvalue weighted by molar-refractivity contribution is 6.29. The monoisotopic (exact) mass is 295 g/mol. The Balaban J connectivity index is 1.86. The molecule has 20 heavy (non-hydrogen) atoms. The van der Waals surface area contributed by atoms with Crippen LogP contribution in [0.5, 0.6) is 0 Å². The topological polar surface area (TPSA) is 54.5 Å². The van der Waals surface area contributed by atoms with Gasteiger partial charge in [0, 0.05) is 19.2 Å². The van der Waals surface area contributed by atoms with Crippen LogP contribution < -0.4 is 5.32 Å². The minimum absolute atomic E-state index is 0.0194. The van der Waals surface area contributed by atoms with Gasteiger partial charge in [0.2, 0.25) is 0 Å². The van der Waals surface area contributed by atoms with Crippen LogP contribution in [0, 0.1) is 0 Å². The maximum atomic E-state index is 12.7. The summed E-state index contributed by atoms with van der Waals surface area (Å²) in [4.78, 5) is 18.8. The Hall–Kier alpha value is -1.33. The molecule has 3 rings (SSSR count). The zero-order valence-corrected chi connectivity index (χ0v) is 12.2. The van der Waals surface area contributed by atoms with Gasteiger partial charge >= 0.3 is 0 Å². The van der Waals surface area contributed by atoms with E-state index in [0.717, 1.165) is 19.3 Å². The van der Waals surface area contributed by atoms with Gasteiger partial charge in [-0.25, -0.2) is 4.98 Å². The van der Waals surface area contributed by atoms with Crippen LogP contribution in [0.15, 0.2) is 12.1 Å². The van der Waals surface area contributed by atoms with Gasteiger partial charge in [0.05, 0.1) is 18.8 Å². The van der Waals surface area contributed by atoms with Crippen LogP contribution in [0.2, 0.25) is 5.15 Å². The summed E-state index contributed by atoms with van der Waals surface area (Å²) in [6.45, 7) is 1.26. The third-order valence-electron chi connectivity index (χ3n) is 4.04. The Morgan fingerprint density at radius 2 is 2.35 bits per heavy atom. The van der Waals surface area contributed by atoms with E-state index < -0.39 is 0 Å². The van der Waals surface area contributed by atoms with E-state index in [1.165, 1.54) is 0 Å². The minimum atomic E-state index is 0.0194. The third kappa shape index (κ3) is 2.47. The molecule has 108 valence electrons. The van der Waals surface area contributed by atoms with Crippen molar-refractivity contribution in [3.05, 3.63) is 22.8 Å². The molecule has 1 aliphatic heterocycles. The number of fused-ring (bicyclic) bond motifs is 1. The predicted molar refractivity (Wildman–Crippen MR) is 77.2 cm³/mol. The molecule has 2 aliphatic rings. The van der Waals surface area contributed by atoms with Crippen LogP contribution in [-0.2, 0) is 4.74 Å². The van der Waals surface area contributed by atoms with Crippen molar-refractivity contribution in [3.8, 4) is 0 Å². The molecule has 2 atom stereocenters. The number of pyridine rings is 1. The van der Waals surface area contributed by atoms with Crippen LogP contribution in [-0.4, -0.2) is 48.1 Å². The molecule has 1 aliphatic carbocycles. The lowest BCUT2D eigenvalue weighted by Gasteiger charge is -2.37. The van der Waals surface area contributed by atoms with E-state index in [1.807, 2.05) is 4.90 Å². The molecule has 1 aromatic heterocycles. The second kappa shape index (κ2) is 5.58. The fraction of sp³-hybridized carbons (Fsp3) is 0.571. The van der Waals surface area contributed by atoms with Crippen molar-refractivity contribution in [2.45, 2.75) is 31.4 Å². The number of amides is 1. The summed E-state index contributed by atoms with van der Waals surface area (Å²) < 4.78 is 5.74. The molecule has 2 heterocycles. The van der Waals surface area contributed by atoms with Gasteiger partial charge in [0.15, 0.2) is 0 Å². The SMILES string of the molecule is CNc1cc(C(=O)N2CCOC3CCCC32)cc(Cl)n1. The first-order chi connectivity index (χ1) is 9.69. The Bertz CT molecular complexity index is 523. The molecular weight excluding hydrogens is 278 g/mol. The van der Waals surface area contributed by atoms with Crippen molar-refractivity contribution in [1.82, 2.24) is 9.88 Å². The van der Waals surface area contributed by atoms with E-state index in [0.29, 0.717) is 29.7 Å². The van der Waals surface area contributed by atoms with Gasteiger partial charge in [-0.2, -0.15) is 0 Å². The Morgan fingerprint density at radius 3 is 3.15 bits per heavy atom. The van der Waals surface area contributed by atoms with Crippen molar-refractivity contribution in [1.29, 1.82) is 0 Å². The third-order valence-corrected chi connectivity index (χ3v) is 4.23. The zero-order valence-electron chi connectivity index (χ0n) is 11.4. The van der Waals surface area contributed by atoms with Crippen molar-refractivity contribution in [2.24, 2.45) is 0 Å². The van der Waals surface area contributed by atoms with Gasteiger partial charge in [-0.1, -0.05) is 11.6 Å². The van der Waals surface area contributed by atoms with Crippen LogP contribution in [0.4, 0.5) is 5.82 Å². The van der Waals surface area contributed by atoms with Crippen LogP contribution >= 0.6 is 11.6 Å². The Kier molecular flexibility index (Phi) is 3.81. The normalized spacial score (nSPS) is 25.4. The average Bonchev–Trinajstić information content (AvgIpc) is 2.94. The Morgan fingerprint density at radius 1 is 1.50 bits per heavy atom. The number of carbonyl (C=O) groups is 1. The number of anilines is 1. The number of carbonyl (C=O) groups excluding carboxylic acids is 1. The minimum Gasteiger partial charge on any atom is -0.374 e. The standard InChI is InChI=1S/C14H18ClN3O2/c1-16-13-8-9(7-12(15)17-13)14(19)18-5-6-20-11-4-2-3-10(11)18/h7-8,10-11H,2-6H2,1H3,(H,16,17). The summed E-state index contributed by atoms with van der Waals surface area (Å²) in [5, 5.41) is 3.25. The van der Waals surface area contributed by atoms with E-state index >= 15 is 0 Å². The van der Waals surface area contributed by atoms with E-state index in [9.17, 15) is 4.79 Å². The molecule has 0 radical (unpaired) electrons.